The Morgan fingerprint density at radius 1 is 1.00 bits per heavy atom. The number of hydrogen-bond acceptors (Lipinski definition) is 7. The van der Waals surface area contributed by atoms with Crippen LogP contribution in [-0.2, 0) is 23.1 Å². The molecule has 264 valence electrons. The predicted octanol–water partition coefficient (Wildman–Crippen LogP) is 6.61. The van der Waals surface area contributed by atoms with Crippen molar-refractivity contribution in [2.75, 3.05) is 51.7 Å². The molecule has 3 heterocycles. The van der Waals surface area contributed by atoms with Crippen molar-refractivity contribution in [3.8, 4) is 5.75 Å². The molecule has 0 aromatic heterocycles. The van der Waals surface area contributed by atoms with E-state index >= 15 is 0 Å². The largest absolute Gasteiger partial charge is 0.487 e. The van der Waals surface area contributed by atoms with Gasteiger partial charge in [0.2, 0.25) is 10.0 Å². The summed E-state index contributed by atoms with van der Waals surface area (Å²) in [5, 5.41) is 0.0632. The van der Waals surface area contributed by atoms with E-state index in [2.05, 4.69) is 46.5 Å². The van der Waals surface area contributed by atoms with Gasteiger partial charge in [-0.25, -0.2) is 13.1 Å². The molecule has 0 spiro atoms. The van der Waals surface area contributed by atoms with Crippen molar-refractivity contribution < 1.29 is 17.9 Å². The van der Waals surface area contributed by atoms with Gasteiger partial charge < -0.3 is 14.5 Å². The van der Waals surface area contributed by atoms with Gasteiger partial charge in [0.05, 0.1) is 10.9 Å². The van der Waals surface area contributed by atoms with Gasteiger partial charge in [0.15, 0.2) is 0 Å². The van der Waals surface area contributed by atoms with Gasteiger partial charge in [-0.05, 0) is 138 Å². The molecule has 2 aromatic rings. The molecular formula is C38H55ClN4O4S. The first kappa shape index (κ1) is 35.5. The summed E-state index contributed by atoms with van der Waals surface area (Å²) in [5.41, 5.74) is 3.77. The minimum atomic E-state index is -3.86. The second-order valence-corrected chi connectivity index (χ2v) is 18.2. The fraction of sp³-hybridized carbons (Fsp3) is 0.658. The van der Waals surface area contributed by atoms with Crippen molar-refractivity contribution in [1.29, 1.82) is 0 Å². The number of hydrogen-bond donors (Lipinski definition) is 1. The first-order valence-electron chi connectivity index (χ1n) is 18.1. The number of amides is 1. The van der Waals surface area contributed by atoms with Gasteiger partial charge in [-0.15, -0.1) is 0 Å². The third-order valence-electron chi connectivity index (χ3n) is 12.2. The number of nitrogens with zero attached hydrogens (tertiary/aromatic N) is 3. The molecule has 2 bridgehead atoms. The van der Waals surface area contributed by atoms with Crippen LogP contribution in [0.15, 0.2) is 36.4 Å². The smallest absolute Gasteiger partial charge is 0.264 e. The summed E-state index contributed by atoms with van der Waals surface area (Å²) in [7, 11) is 0.502. The molecule has 2 aromatic carbocycles. The number of likely N-dealkylation sites (tertiary alicyclic amines) is 1. The Bertz CT molecular complexity index is 1580. The number of benzene rings is 2. The number of anilines is 1. The van der Waals surface area contributed by atoms with E-state index in [9.17, 15) is 13.2 Å². The third-order valence-corrected chi connectivity index (χ3v) is 14.4. The Hall–Kier alpha value is -2.33. The van der Waals surface area contributed by atoms with E-state index in [4.69, 9.17) is 16.3 Å². The van der Waals surface area contributed by atoms with E-state index in [0.29, 0.717) is 29.9 Å². The van der Waals surface area contributed by atoms with Crippen LogP contribution in [0.4, 0.5) is 5.69 Å². The van der Waals surface area contributed by atoms with Crippen LogP contribution in [0.5, 0.6) is 5.75 Å². The molecule has 10 heteroatoms. The zero-order valence-electron chi connectivity index (χ0n) is 29.5. The normalized spacial score (nSPS) is 29.6. The number of halogens is 1. The zero-order valence-corrected chi connectivity index (χ0v) is 31.1. The molecular weight excluding hydrogens is 644 g/mol. The molecule has 1 amide bonds. The maximum atomic E-state index is 13.5. The Kier molecular flexibility index (Phi) is 10.7. The summed E-state index contributed by atoms with van der Waals surface area (Å²) in [6.07, 6.45) is 8.31. The van der Waals surface area contributed by atoms with E-state index in [1.54, 1.807) is 13.0 Å². The lowest BCUT2D eigenvalue weighted by molar-refractivity contribution is -0.0405. The van der Waals surface area contributed by atoms with Gasteiger partial charge in [-0.2, -0.15) is 0 Å². The molecule has 1 N–H and O–H groups in total. The highest BCUT2D eigenvalue weighted by atomic mass is 35.5. The molecule has 0 radical (unpaired) electrons. The maximum Gasteiger partial charge on any atom is 0.264 e. The van der Waals surface area contributed by atoms with Crippen LogP contribution in [0.1, 0.15) is 87.2 Å². The first-order chi connectivity index (χ1) is 22.8. The molecule has 48 heavy (non-hydrogen) atoms. The van der Waals surface area contributed by atoms with Crippen LogP contribution in [0.2, 0.25) is 5.02 Å². The lowest BCUT2D eigenvalue weighted by Gasteiger charge is -2.54. The highest BCUT2D eigenvalue weighted by Crippen LogP contribution is 2.45. The standard InChI is InChI=1S/C38H55ClN4O4S/c1-26-9-8-11-30(21-42-24-38(3,25-42)41(4)5)34-16-13-31(34)22-43-18-7-6-10-28-19-33(39)15-12-32(28)23-47-36-17-14-29(20-35(36)43)37(44)40-48(45,46)27(26)2/h12,14-15,17,19-20,26-27,30-31,34H,6-11,13,16,18,21-25H2,1-5H3,(H,40,44)/t26?,27?,30-,31-,34-/m0/s1. The molecule has 8 nitrogen and oxygen atoms in total. The first-order valence-corrected chi connectivity index (χ1v) is 20.0. The summed E-state index contributed by atoms with van der Waals surface area (Å²) in [6.45, 7) is 11.5. The lowest BCUT2D eigenvalue weighted by Crippen LogP contribution is -2.67. The quantitative estimate of drug-likeness (QED) is 0.387. The number of sulfonamides is 1. The molecule has 3 aliphatic heterocycles. The predicted molar refractivity (Wildman–Crippen MR) is 194 cm³/mol. The number of aryl methyl sites for hydroxylation is 1. The number of nitrogens with one attached hydrogen (secondary N) is 1. The van der Waals surface area contributed by atoms with E-state index < -0.39 is 21.2 Å². The van der Waals surface area contributed by atoms with Crippen LogP contribution >= 0.6 is 11.6 Å². The van der Waals surface area contributed by atoms with Crippen LogP contribution in [0, 0.1) is 23.7 Å². The Morgan fingerprint density at radius 3 is 2.52 bits per heavy atom. The van der Waals surface area contributed by atoms with E-state index in [-0.39, 0.29) is 11.5 Å². The van der Waals surface area contributed by atoms with Crippen molar-refractivity contribution in [3.63, 3.8) is 0 Å². The van der Waals surface area contributed by atoms with Crippen molar-refractivity contribution >= 4 is 33.2 Å². The fourth-order valence-electron chi connectivity index (χ4n) is 8.43. The number of rotatable bonds is 3. The van der Waals surface area contributed by atoms with Crippen molar-refractivity contribution in [2.24, 2.45) is 23.7 Å². The number of carbonyl (C=O) groups is 1. The summed E-state index contributed by atoms with van der Waals surface area (Å²) in [5.74, 6) is 1.84. The van der Waals surface area contributed by atoms with Crippen LogP contribution in [-0.4, -0.2) is 81.7 Å². The molecule has 2 unspecified atom stereocenters. The fourth-order valence-corrected chi connectivity index (χ4v) is 9.93. The highest BCUT2D eigenvalue weighted by Gasteiger charge is 2.44. The van der Waals surface area contributed by atoms with Gasteiger partial charge in [-0.3, -0.25) is 9.69 Å². The summed E-state index contributed by atoms with van der Waals surface area (Å²) in [4.78, 5) is 20.9. The van der Waals surface area contributed by atoms with Crippen LogP contribution < -0.4 is 14.4 Å². The van der Waals surface area contributed by atoms with E-state index in [1.807, 2.05) is 31.2 Å². The number of carbonyl (C=O) groups excluding carboxylic acids is 1. The van der Waals surface area contributed by atoms with Gasteiger partial charge >= 0.3 is 0 Å². The SMILES string of the molecule is CC1CCC[C@@H](CN2CC(C)(N(C)C)C2)[C@@H]2CC[C@H]2CN2CCCCc3cc(Cl)ccc3COc3ccc(cc32)C(=O)NS(=O)(=O)C1C. The molecule has 4 aliphatic rings. The van der Waals surface area contributed by atoms with Gasteiger partial charge in [-0.1, -0.05) is 31.0 Å². The molecule has 6 rings (SSSR count). The second kappa shape index (κ2) is 14.5. The van der Waals surface area contributed by atoms with Crippen LogP contribution in [0.25, 0.3) is 0 Å². The van der Waals surface area contributed by atoms with Crippen molar-refractivity contribution in [3.05, 3.63) is 58.1 Å². The number of ether oxygens (including phenoxy) is 1. The minimum Gasteiger partial charge on any atom is -0.487 e. The molecule has 1 saturated heterocycles. The van der Waals surface area contributed by atoms with Crippen molar-refractivity contribution in [2.45, 2.75) is 89.5 Å². The Morgan fingerprint density at radius 2 is 1.79 bits per heavy atom. The third kappa shape index (κ3) is 7.69. The zero-order chi connectivity index (χ0) is 34.2. The Labute approximate surface area is 293 Å². The number of likely N-dealkylation sites (N-methyl/N-ethyl adjacent to an activating group) is 1. The number of fused-ring (bicyclic) bond motifs is 3. The van der Waals surface area contributed by atoms with Crippen molar-refractivity contribution in [1.82, 2.24) is 14.5 Å². The summed E-state index contributed by atoms with van der Waals surface area (Å²) < 4.78 is 35.9. The highest BCUT2D eigenvalue weighted by molar-refractivity contribution is 7.90. The average molecular weight is 699 g/mol. The minimum absolute atomic E-state index is 0.0591. The molecule has 1 saturated carbocycles. The summed E-state index contributed by atoms with van der Waals surface area (Å²) >= 11 is 6.38. The lowest BCUT2D eigenvalue weighted by atomic mass is 9.65. The monoisotopic (exact) mass is 698 g/mol. The molecule has 2 fully saturated rings. The average Bonchev–Trinajstić information content (AvgIpc) is 3.04. The molecule has 1 aliphatic carbocycles. The summed E-state index contributed by atoms with van der Waals surface area (Å²) in [6, 6.07) is 11.4. The second-order valence-electron chi connectivity index (χ2n) is 15.7. The van der Waals surface area contributed by atoms with E-state index in [1.165, 1.54) is 18.4 Å². The van der Waals surface area contributed by atoms with Gasteiger partial charge in [0.25, 0.3) is 5.91 Å². The molecule has 5 atom stereocenters. The van der Waals surface area contributed by atoms with E-state index in [0.717, 1.165) is 93.3 Å². The maximum absolute atomic E-state index is 13.5. The van der Waals surface area contributed by atoms with Gasteiger partial charge in [0, 0.05) is 48.8 Å². The van der Waals surface area contributed by atoms with Gasteiger partial charge in [0.1, 0.15) is 12.4 Å². The van der Waals surface area contributed by atoms with Crippen LogP contribution in [0.3, 0.4) is 0 Å². The topological polar surface area (TPSA) is 82.2 Å². The Balaban J connectivity index is 1.33.